The van der Waals surface area contributed by atoms with Gasteiger partial charge in [-0.25, -0.2) is 8.42 Å². The Balaban J connectivity index is 1.74. The molecule has 0 saturated heterocycles. The quantitative estimate of drug-likeness (QED) is 0.923. The molecule has 1 aromatic rings. The number of hydrogen-bond donors (Lipinski definition) is 1. The molecule has 4 nitrogen and oxygen atoms in total. The lowest BCUT2D eigenvalue weighted by Gasteiger charge is -2.24. The van der Waals surface area contributed by atoms with E-state index in [1.807, 2.05) is 24.3 Å². The van der Waals surface area contributed by atoms with Gasteiger partial charge in [-0.3, -0.25) is 9.52 Å². The minimum Gasteiger partial charge on any atom is -0.273 e. The second-order valence-corrected chi connectivity index (χ2v) is 7.60. The highest BCUT2D eigenvalue weighted by Gasteiger charge is 2.32. The fraction of sp³-hybridized carbons (Fsp3) is 0.533. The van der Waals surface area contributed by atoms with Gasteiger partial charge in [-0.1, -0.05) is 24.3 Å². The molecule has 5 heteroatoms. The number of benzene rings is 1. The number of carbonyl (C=O) groups is 1. The minimum atomic E-state index is -3.47. The van der Waals surface area contributed by atoms with Gasteiger partial charge >= 0.3 is 0 Å². The van der Waals surface area contributed by atoms with E-state index in [0.29, 0.717) is 0 Å². The normalized spacial score (nSPS) is 22.1. The highest BCUT2D eigenvalue weighted by atomic mass is 32.2. The van der Waals surface area contributed by atoms with Crippen LogP contribution in [0.3, 0.4) is 0 Å². The number of carbonyl (C=O) groups excluding carboxylic acids is 1. The smallest absolute Gasteiger partial charge is 0.240 e. The Morgan fingerprint density at radius 1 is 1.20 bits per heavy atom. The molecule has 1 aromatic carbocycles. The summed E-state index contributed by atoms with van der Waals surface area (Å²) in [4.78, 5) is 12.3. The molecule has 2 aliphatic rings. The number of nitrogens with one attached hydrogen (secondary N) is 1. The molecule has 1 atom stereocenters. The number of sulfonamides is 1. The molecule has 108 valence electrons. The summed E-state index contributed by atoms with van der Waals surface area (Å²) in [5.41, 5.74) is 2.15. The molecule has 3 rings (SSSR count). The Morgan fingerprint density at radius 2 is 1.95 bits per heavy atom. The van der Waals surface area contributed by atoms with Crippen molar-refractivity contribution < 1.29 is 13.2 Å². The summed E-state index contributed by atoms with van der Waals surface area (Å²) in [7, 11) is -3.47. The van der Waals surface area contributed by atoms with E-state index in [0.717, 1.165) is 37.7 Å². The van der Waals surface area contributed by atoms with Gasteiger partial charge in [0.1, 0.15) is 0 Å². The maximum absolute atomic E-state index is 12.3. The molecule has 0 unspecified atom stereocenters. The second kappa shape index (κ2) is 5.20. The van der Waals surface area contributed by atoms with Crippen LogP contribution in [-0.2, 0) is 21.2 Å². The van der Waals surface area contributed by atoms with Crippen LogP contribution in [0.15, 0.2) is 24.3 Å². The molecular weight excluding hydrogens is 274 g/mol. The maximum atomic E-state index is 12.3. The number of amides is 1. The molecule has 0 heterocycles. The first-order chi connectivity index (χ1) is 9.55. The molecule has 20 heavy (non-hydrogen) atoms. The van der Waals surface area contributed by atoms with Crippen molar-refractivity contribution in [2.45, 2.75) is 38.0 Å². The first kappa shape index (κ1) is 13.6. The Labute approximate surface area is 119 Å². The van der Waals surface area contributed by atoms with Crippen LogP contribution in [0.1, 0.15) is 42.7 Å². The number of fused-ring (bicyclic) bond motifs is 1. The van der Waals surface area contributed by atoms with E-state index < -0.39 is 10.0 Å². The molecule has 0 bridgehead atoms. The third kappa shape index (κ3) is 3.03. The standard InChI is InChI=1S/C15H19NO3S/c17-15(16-20(18,19)10-11-8-9-11)14-7-3-5-12-4-1-2-6-13(12)14/h1-2,4,6,11,14H,3,5,7-10H2,(H,16,17)/t14-/m1/s1. The molecule has 1 amide bonds. The van der Waals surface area contributed by atoms with Crippen LogP contribution in [0.25, 0.3) is 0 Å². The predicted molar refractivity (Wildman–Crippen MR) is 76.8 cm³/mol. The molecule has 2 aliphatic carbocycles. The summed E-state index contributed by atoms with van der Waals surface area (Å²) in [6.07, 6.45) is 4.54. The van der Waals surface area contributed by atoms with Crippen LogP contribution >= 0.6 is 0 Å². The van der Waals surface area contributed by atoms with Gasteiger partial charge in [-0.2, -0.15) is 0 Å². The van der Waals surface area contributed by atoms with Gasteiger partial charge in [-0.05, 0) is 49.1 Å². The lowest BCUT2D eigenvalue weighted by molar-refractivity contribution is -0.121. The predicted octanol–water partition coefficient (Wildman–Crippen LogP) is 1.96. The van der Waals surface area contributed by atoms with Crippen LogP contribution in [0.5, 0.6) is 0 Å². The summed E-state index contributed by atoms with van der Waals surface area (Å²) in [6, 6.07) is 7.83. The van der Waals surface area contributed by atoms with Gasteiger partial charge < -0.3 is 0 Å². The number of rotatable bonds is 4. The van der Waals surface area contributed by atoms with Crippen molar-refractivity contribution in [1.29, 1.82) is 0 Å². The molecule has 1 fully saturated rings. The van der Waals surface area contributed by atoms with Gasteiger partial charge in [0, 0.05) is 0 Å². The fourth-order valence-electron chi connectivity index (χ4n) is 2.89. The van der Waals surface area contributed by atoms with Crippen LogP contribution in [-0.4, -0.2) is 20.1 Å². The van der Waals surface area contributed by atoms with E-state index in [9.17, 15) is 13.2 Å². The molecule has 0 aliphatic heterocycles. The van der Waals surface area contributed by atoms with E-state index in [4.69, 9.17) is 0 Å². The van der Waals surface area contributed by atoms with Gasteiger partial charge in [0.25, 0.3) is 0 Å². The van der Waals surface area contributed by atoms with Gasteiger partial charge in [0.05, 0.1) is 11.7 Å². The van der Waals surface area contributed by atoms with Crippen molar-refractivity contribution in [2.75, 3.05) is 5.75 Å². The van der Waals surface area contributed by atoms with Crippen molar-refractivity contribution >= 4 is 15.9 Å². The van der Waals surface area contributed by atoms with Gasteiger partial charge in [-0.15, -0.1) is 0 Å². The topological polar surface area (TPSA) is 63.2 Å². The third-order valence-corrected chi connectivity index (χ3v) is 5.52. The molecule has 1 saturated carbocycles. The molecule has 0 radical (unpaired) electrons. The lowest BCUT2D eigenvalue weighted by atomic mass is 9.82. The fourth-order valence-corrected chi connectivity index (χ4v) is 4.37. The zero-order valence-corrected chi connectivity index (χ0v) is 12.2. The Hall–Kier alpha value is -1.36. The Bertz CT molecular complexity index is 620. The molecule has 0 aromatic heterocycles. The van der Waals surface area contributed by atoms with E-state index in [1.54, 1.807) is 0 Å². The largest absolute Gasteiger partial charge is 0.273 e. The van der Waals surface area contributed by atoms with Crippen molar-refractivity contribution in [3.63, 3.8) is 0 Å². The average molecular weight is 293 g/mol. The summed E-state index contributed by atoms with van der Waals surface area (Å²) in [5.74, 6) is -0.349. The van der Waals surface area contributed by atoms with E-state index in [2.05, 4.69) is 4.72 Å². The van der Waals surface area contributed by atoms with Gasteiger partial charge in [0.15, 0.2) is 0 Å². The molecule has 1 N–H and O–H groups in total. The molecular formula is C15H19NO3S. The SMILES string of the molecule is O=C(NS(=O)(=O)CC1CC1)[C@@H]1CCCc2ccccc21. The van der Waals surface area contributed by atoms with E-state index in [1.165, 1.54) is 5.56 Å². The minimum absolute atomic E-state index is 0.0904. The first-order valence-corrected chi connectivity index (χ1v) is 8.82. The van der Waals surface area contributed by atoms with E-state index in [-0.39, 0.29) is 23.5 Å². The monoisotopic (exact) mass is 293 g/mol. The highest BCUT2D eigenvalue weighted by molar-refractivity contribution is 7.90. The molecule has 0 spiro atoms. The van der Waals surface area contributed by atoms with Gasteiger partial charge in [0.2, 0.25) is 15.9 Å². The summed E-state index contributed by atoms with van der Waals surface area (Å²) in [5, 5.41) is 0. The zero-order valence-electron chi connectivity index (χ0n) is 11.3. The first-order valence-electron chi connectivity index (χ1n) is 7.17. The summed E-state index contributed by atoms with van der Waals surface area (Å²) in [6.45, 7) is 0. The number of aryl methyl sites for hydroxylation is 1. The van der Waals surface area contributed by atoms with Crippen LogP contribution in [0.2, 0.25) is 0 Å². The summed E-state index contributed by atoms with van der Waals surface area (Å²) < 4.78 is 26.1. The van der Waals surface area contributed by atoms with Crippen molar-refractivity contribution in [3.8, 4) is 0 Å². The van der Waals surface area contributed by atoms with Crippen molar-refractivity contribution in [2.24, 2.45) is 5.92 Å². The van der Waals surface area contributed by atoms with Crippen LogP contribution in [0, 0.1) is 5.92 Å². The average Bonchev–Trinajstić information content (AvgIpc) is 3.20. The Morgan fingerprint density at radius 3 is 2.70 bits per heavy atom. The second-order valence-electron chi connectivity index (χ2n) is 5.83. The summed E-state index contributed by atoms with van der Waals surface area (Å²) >= 11 is 0. The highest BCUT2D eigenvalue weighted by Crippen LogP contribution is 2.33. The number of hydrogen-bond acceptors (Lipinski definition) is 3. The van der Waals surface area contributed by atoms with Crippen LogP contribution < -0.4 is 4.72 Å². The van der Waals surface area contributed by atoms with Crippen molar-refractivity contribution in [1.82, 2.24) is 4.72 Å². The van der Waals surface area contributed by atoms with E-state index >= 15 is 0 Å². The lowest BCUT2D eigenvalue weighted by Crippen LogP contribution is -2.37. The van der Waals surface area contributed by atoms with Crippen LogP contribution in [0.4, 0.5) is 0 Å². The van der Waals surface area contributed by atoms with Crippen molar-refractivity contribution in [3.05, 3.63) is 35.4 Å². The maximum Gasteiger partial charge on any atom is 0.240 e. The third-order valence-electron chi connectivity index (χ3n) is 4.09. The Kier molecular flexibility index (Phi) is 3.54. The zero-order chi connectivity index (χ0) is 14.2.